The molecule has 0 radical (unpaired) electrons. The molecule has 1 rings (SSSR count). The lowest BCUT2D eigenvalue weighted by molar-refractivity contribution is -0.152. The van der Waals surface area contributed by atoms with Crippen molar-refractivity contribution in [1.29, 1.82) is 0 Å². The van der Waals surface area contributed by atoms with Crippen molar-refractivity contribution in [3.05, 3.63) is 35.4 Å². The highest BCUT2D eigenvalue weighted by Crippen LogP contribution is 2.19. The summed E-state index contributed by atoms with van der Waals surface area (Å²) in [6, 6.07) is 3.88. The van der Waals surface area contributed by atoms with E-state index >= 15 is 0 Å². The molecule has 0 fully saturated rings. The Morgan fingerprint density at radius 2 is 1.80 bits per heavy atom. The molecule has 1 atom stereocenters. The smallest absolute Gasteiger partial charge is 0.410 e. The standard InChI is InChI=1S/C12H13F3N2O3/c1-7-2-4-8(5-3-7)10(18)16-6-9(12(13,14)15)17-11(19)20/h2-5,9,17H,6H2,1H3,(H,16,18)(H,19,20)/t9-/m1/s1. The number of carbonyl (C=O) groups excluding carboxylic acids is 1. The van der Waals surface area contributed by atoms with Crippen LogP contribution in [0.5, 0.6) is 0 Å². The summed E-state index contributed by atoms with van der Waals surface area (Å²) in [4.78, 5) is 21.9. The Kier molecular flexibility index (Phi) is 4.95. The van der Waals surface area contributed by atoms with Gasteiger partial charge in [-0.15, -0.1) is 0 Å². The fraction of sp³-hybridized carbons (Fsp3) is 0.333. The summed E-state index contributed by atoms with van der Waals surface area (Å²) in [5.74, 6) is -0.702. The first-order valence-corrected chi connectivity index (χ1v) is 5.61. The number of nitrogens with one attached hydrogen (secondary N) is 2. The third kappa shape index (κ3) is 4.79. The van der Waals surface area contributed by atoms with E-state index in [2.05, 4.69) is 0 Å². The number of benzene rings is 1. The van der Waals surface area contributed by atoms with Gasteiger partial charge in [-0.2, -0.15) is 13.2 Å². The summed E-state index contributed by atoms with van der Waals surface area (Å²) in [5, 5.41) is 11.7. The van der Waals surface area contributed by atoms with Crippen molar-refractivity contribution < 1.29 is 27.9 Å². The van der Waals surface area contributed by atoms with Crippen LogP contribution in [-0.4, -0.2) is 35.9 Å². The van der Waals surface area contributed by atoms with Crippen molar-refractivity contribution in [1.82, 2.24) is 10.6 Å². The molecule has 0 aliphatic carbocycles. The molecule has 110 valence electrons. The number of hydrogen-bond acceptors (Lipinski definition) is 2. The minimum absolute atomic E-state index is 0.201. The van der Waals surface area contributed by atoms with E-state index in [-0.39, 0.29) is 5.56 Å². The van der Waals surface area contributed by atoms with Gasteiger partial charge in [-0.25, -0.2) is 4.79 Å². The summed E-state index contributed by atoms with van der Waals surface area (Å²) in [5.41, 5.74) is 1.11. The minimum Gasteiger partial charge on any atom is -0.465 e. The predicted molar refractivity (Wildman–Crippen MR) is 64.5 cm³/mol. The molecule has 2 amide bonds. The summed E-state index contributed by atoms with van der Waals surface area (Å²) in [7, 11) is 0. The highest BCUT2D eigenvalue weighted by molar-refractivity contribution is 5.94. The first kappa shape index (κ1) is 15.8. The highest BCUT2D eigenvalue weighted by atomic mass is 19.4. The van der Waals surface area contributed by atoms with Crippen LogP contribution in [0.3, 0.4) is 0 Å². The Hall–Kier alpha value is -2.25. The molecule has 8 heteroatoms. The number of hydrogen-bond donors (Lipinski definition) is 3. The molecule has 0 unspecified atom stereocenters. The topological polar surface area (TPSA) is 78.4 Å². The molecule has 0 saturated carbocycles. The number of aryl methyl sites for hydroxylation is 1. The van der Waals surface area contributed by atoms with Crippen molar-refractivity contribution in [2.24, 2.45) is 0 Å². The van der Waals surface area contributed by atoms with Crippen molar-refractivity contribution >= 4 is 12.0 Å². The summed E-state index contributed by atoms with van der Waals surface area (Å²) >= 11 is 0. The molecule has 1 aromatic rings. The van der Waals surface area contributed by atoms with Gasteiger partial charge in [0, 0.05) is 12.1 Å². The number of carbonyl (C=O) groups is 2. The van der Waals surface area contributed by atoms with E-state index in [1.807, 2.05) is 5.32 Å². The van der Waals surface area contributed by atoms with Crippen LogP contribution in [0.25, 0.3) is 0 Å². The largest absolute Gasteiger partial charge is 0.465 e. The third-order valence-corrected chi connectivity index (χ3v) is 2.47. The Labute approximate surface area is 112 Å². The second-order valence-corrected chi connectivity index (χ2v) is 4.12. The highest BCUT2D eigenvalue weighted by Gasteiger charge is 2.40. The Balaban J connectivity index is 2.65. The van der Waals surface area contributed by atoms with E-state index in [4.69, 9.17) is 5.11 Å². The van der Waals surface area contributed by atoms with Gasteiger partial charge in [0.1, 0.15) is 6.04 Å². The fourth-order valence-corrected chi connectivity index (χ4v) is 1.40. The van der Waals surface area contributed by atoms with Gasteiger partial charge in [0.2, 0.25) is 0 Å². The lowest BCUT2D eigenvalue weighted by Gasteiger charge is -2.20. The maximum atomic E-state index is 12.5. The van der Waals surface area contributed by atoms with Crippen molar-refractivity contribution in [2.75, 3.05) is 6.54 Å². The number of rotatable bonds is 4. The summed E-state index contributed by atoms with van der Waals surface area (Å²) in [6.07, 6.45) is -6.59. The molecule has 0 saturated heterocycles. The van der Waals surface area contributed by atoms with Crippen LogP contribution in [0, 0.1) is 6.92 Å². The lowest BCUT2D eigenvalue weighted by Crippen LogP contribution is -2.51. The summed E-state index contributed by atoms with van der Waals surface area (Å²) < 4.78 is 37.5. The zero-order chi connectivity index (χ0) is 15.3. The Morgan fingerprint density at radius 1 is 1.25 bits per heavy atom. The average molecular weight is 290 g/mol. The van der Waals surface area contributed by atoms with Crippen LogP contribution < -0.4 is 10.6 Å². The van der Waals surface area contributed by atoms with Crippen LogP contribution in [0.2, 0.25) is 0 Å². The van der Waals surface area contributed by atoms with E-state index in [0.29, 0.717) is 0 Å². The zero-order valence-electron chi connectivity index (χ0n) is 10.5. The van der Waals surface area contributed by atoms with Gasteiger partial charge in [0.05, 0.1) is 0 Å². The van der Waals surface area contributed by atoms with Crippen molar-refractivity contribution in [3.63, 3.8) is 0 Å². The molecule has 0 spiro atoms. The first-order chi connectivity index (χ1) is 9.20. The second kappa shape index (κ2) is 6.27. The second-order valence-electron chi connectivity index (χ2n) is 4.12. The number of carboxylic acid groups (broad SMARTS) is 1. The number of amides is 2. The molecule has 0 aliphatic rings. The molecular weight excluding hydrogens is 277 g/mol. The van der Waals surface area contributed by atoms with Gasteiger partial charge in [0.25, 0.3) is 5.91 Å². The lowest BCUT2D eigenvalue weighted by atomic mass is 10.1. The van der Waals surface area contributed by atoms with Crippen molar-refractivity contribution in [3.8, 4) is 0 Å². The fourth-order valence-electron chi connectivity index (χ4n) is 1.40. The van der Waals surface area contributed by atoms with Gasteiger partial charge >= 0.3 is 12.3 Å². The minimum atomic E-state index is -4.78. The van der Waals surface area contributed by atoms with Crippen LogP contribution in [0.15, 0.2) is 24.3 Å². The average Bonchev–Trinajstić information content (AvgIpc) is 2.33. The van der Waals surface area contributed by atoms with Gasteiger partial charge in [-0.1, -0.05) is 17.7 Å². The van der Waals surface area contributed by atoms with Crippen LogP contribution in [0.1, 0.15) is 15.9 Å². The van der Waals surface area contributed by atoms with E-state index in [9.17, 15) is 22.8 Å². The molecule has 3 N–H and O–H groups in total. The maximum absolute atomic E-state index is 12.5. The number of halogens is 3. The van der Waals surface area contributed by atoms with Gasteiger partial charge in [-0.3, -0.25) is 4.79 Å². The Morgan fingerprint density at radius 3 is 2.25 bits per heavy atom. The number of alkyl halides is 3. The van der Waals surface area contributed by atoms with Gasteiger partial charge in [-0.05, 0) is 19.1 Å². The Bertz CT molecular complexity index is 486. The van der Waals surface area contributed by atoms with Gasteiger partial charge in [0.15, 0.2) is 0 Å². The molecular formula is C12H13F3N2O3. The molecule has 20 heavy (non-hydrogen) atoms. The van der Waals surface area contributed by atoms with E-state index in [1.54, 1.807) is 19.1 Å². The predicted octanol–water partition coefficient (Wildman–Crippen LogP) is 1.92. The van der Waals surface area contributed by atoms with E-state index in [0.717, 1.165) is 5.56 Å². The molecule has 5 nitrogen and oxygen atoms in total. The molecule has 0 bridgehead atoms. The molecule has 0 heterocycles. The van der Waals surface area contributed by atoms with Gasteiger partial charge < -0.3 is 15.7 Å². The molecule has 1 aromatic carbocycles. The monoisotopic (exact) mass is 290 g/mol. The molecule has 0 aromatic heterocycles. The first-order valence-electron chi connectivity index (χ1n) is 5.61. The molecule has 0 aliphatic heterocycles. The van der Waals surface area contributed by atoms with Crippen molar-refractivity contribution in [2.45, 2.75) is 19.1 Å². The third-order valence-electron chi connectivity index (χ3n) is 2.47. The van der Waals surface area contributed by atoms with Crippen LogP contribution >= 0.6 is 0 Å². The normalized spacial score (nSPS) is 12.6. The van der Waals surface area contributed by atoms with Crippen LogP contribution in [-0.2, 0) is 0 Å². The SMILES string of the molecule is Cc1ccc(C(=O)NC[C@@H](NC(=O)O)C(F)(F)F)cc1. The quantitative estimate of drug-likeness (QED) is 0.792. The maximum Gasteiger partial charge on any atom is 0.410 e. The summed E-state index contributed by atoms with van der Waals surface area (Å²) in [6.45, 7) is 0.931. The van der Waals surface area contributed by atoms with Crippen LogP contribution in [0.4, 0.5) is 18.0 Å². The van der Waals surface area contributed by atoms with E-state index in [1.165, 1.54) is 17.4 Å². The zero-order valence-corrected chi connectivity index (χ0v) is 10.5. The van der Waals surface area contributed by atoms with E-state index < -0.39 is 30.8 Å².